The van der Waals surface area contributed by atoms with Gasteiger partial charge in [0.25, 0.3) is 5.56 Å². The molecule has 1 saturated heterocycles. The number of rotatable bonds is 2. The summed E-state index contributed by atoms with van der Waals surface area (Å²) < 4.78 is 19.5. The Bertz CT molecular complexity index is 554. The van der Waals surface area contributed by atoms with Crippen LogP contribution in [-0.4, -0.2) is 44.8 Å². The van der Waals surface area contributed by atoms with Gasteiger partial charge in [-0.3, -0.25) is 14.3 Å². The van der Waals surface area contributed by atoms with E-state index in [9.17, 15) is 19.1 Å². The number of hydrogen-bond acceptors (Lipinski definition) is 5. The van der Waals surface area contributed by atoms with Gasteiger partial charge in [-0.1, -0.05) is 0 Å². The standard InChI is InChI=1S/C10H13FN2O5/c1-4-2-13(10(17)12-8(4)16)9-7(15)6(11)5(3-14)18-9/h2,5-7,9,14-15H,3H2,1H3,(H,12,16,17)/t5-,6-,7+,9-/m1/s1. The lowest BCUT2D eigenvalue weighted by Crippen LogP contribution is -2.37. The lowest BCUT2D eigenvalue weighted by Gasteiger charge is -2.17. The van der Waals surface area contributed by atoms with Gasteiger partial charge in [0.15, 0.2) is 12.4 Å². The highest BCUT2D eigenvalue weighted by atomic mass is 19.1. The largest absolute Gasteiger partial charge is 0.394 e. The first-order valence-corrected chi connectivity index (χ1v) is 5.36. The van der Waals surface area contributed by atoms with Gasteiger partial charge in [0.1, 0.15) is 12.2 Å². The molecule has 18 heavy (non-hydrogen) atoms. The van der Waals surface area contributed by atoms with Crippen LogP contribution < -0.4 is 11.2 Å². The lowest BCUT2D eigenvalue weighted by atomic mass is 10.1. The SMILES string of the molecule is Cc1cn([C@@H]2O[C@H](CO)[C@@H](F)[C@@H]2O)c(=O)[nH]c1=O. The summed E-state index contributed by atoms with van der Waals surface area (Å²) >= 11 is 0. The molecule has 7 nitrogen and oxygen atoms in total. The van der Waals surface area contributed by atoms with Crippen LogP contribution >= 0.6 is 0 Å². The maximum Gasteiger partial charge on any atom is 0.330 e. The normalized spacial score (nSPS) is 31.8. The number of aryl methyl sites for hydroxylation is 1. The smallest absolute Gasteiger partial charge is 0.330 e. The quantitative estimate of drug-likeness (QED) is 0.596. The van der Waals surface area contributed by atoms with Crippen molar-refractivity contribution in [2.75, 3.05) is 6.61 Å². The number of ether oxygens (including phenoxy) is 1. The Hall–Kier alpha value is -1.51. The molecule has 0 radical (unpaired) electrons. The molecule has 0 aliphatic carbocycles. The molecule has 1 aliphatic heterocycles. The number of nitrogens with zero attached hydrogens (tertiary/aromatic N) is 1. The van der Waals surface area contributed by atoms with Gasteiger partial charge in [0.2, 0.25) is 0 Å². The Kier molecular flexibility index (Phi) is 3.33. The van der Waals surface area contributed by atoms with Crippen molar-refractivity contribution in [3.05, 3.63) is 32.6 Å². The van der Waals surface area contributed by atoms with Crippen LogP contribution in [0.3, 0.4) is 0 Å². The van der Waals surface area contributed by atoms with Gasteiger partial charge in [0, 0.05) is 11.8 Å². The van der Waals surface area contributed by atoms with Crippen LogP contribution in [0.2, 0.25) is 0 Å². The summed E-state index contributed by atoms with van der Waals surface area (Å²) in [7, 11) is 0. The summed E-state index contributed by atoms with van der Waals surface area (Å²) in [5.41, 5.74) is -1.13. The summed E-state index contributed by atoms with van der Waals surface area (Å²) in [6.07, 6.45) is -4.64. The maximum atomic E-state index is 13.5. The molecular formula is C10H13FN2O5. The number of aromatic nitrogens is 2. The van der Waals surface area contributed by atoms with E-state index < -0.39 is 42.5 Å². The third kappa shape index (κ3) is 1.98. The molecule has 0 unspecified atom stereocenters. The molecular weight excluding hydrogens is 247 g/mol. The zero-order valence-corrected chi connectivity index (χ0v) is 9.54. The van der Waals surface area contributed by atoms with Crippen LogP contribution in [0.15, 0.2) is 15.8 Å². The number of H-pyrrole nitrogens is 1. The van der Waals surface area contributed by atoms with E-state index >= 15 is 0 Å². The molecule has 0 aromatic carbocycles. The Morgan fingerprint density at radius 3 is 2.78 bits per heavy atom. The predicted molar refractivity (Wildman–Crippen MR) is 58.0 cm³/mol. The highest BCUT2D eigenvalue weighted by Gasteiger charge is 2.45. The van der Waals surface area contributed by atoms with E-state index in [-0.39, 0.29) is 5.56 Å². The number of aliphatic hydroxyl groups excluding tert-OH is 2. The number of hydrogen-bond donors (Lipinski definition) is 3. The topological polar surface area (TPSA) is 105 Å². The Labute approximate surface area is 100 Å². The fraction of sp³-hybridized carbons (Fsp3) is 0.600. The lowest BCUT2D eigenvalue weighted by molar-refractivity contribution is -0.0538. The van der Waals surface area contributed by atoms with E-state index in [4.69, 9.17) is 9.84 Å². The van der Waals surface area contributed by atoms with E-state index in [1.54, 1.807) is 0 Å². The molecule has 2 heterocycles. The molecule has 4 atom stereocenters. The van der Waals surface area contributed by atoms with Crippen LogP contribution in [0, 0.1) is 6.92 Å². The molecule has 8 heteroatoms. The van der Waals surface area contributed by atoms with Gasteiger partial charge in [-0.15, -0.1) is 0 Å². The molecule has 0 bridgehead atoms. The van der Waals surface area contributed by atoms with Crippen LogP contribution in [0.4, 0.5) is 4.39 Å². The van der Waals surface area contributed by atoms with Crippen molar-refractivity contribution in [3.8, 4) is 0 Å². The van der Waals surface area contributed by atoms with Crippen molar-refractivity contribution in [2.24, 2.45) is 0 Å². The van der Waals surface area contributed by atoms with Crippen molar-refractivity contribution < 1.29 is 19.3 Å². The van der Waals surface area contributed by atoms with E-state index in [2.05, 4.69) is 0 Å². The highest BCUT2D eigenvalue weighted by Crippen LogP contribution is 2.30. The summed E-state index contributed by atoms with van der Waals surface area (Å²) in [5.74, 6) is 0. The molecule has 1 aromatic heterocycles. The molecule has 100 valence electrons. The summed E-state index contributed by atoms with van der Waals surface area (Å²) in [5, 5.41) is 18.5. The minimum absolute atomic E-state index is 0.230. The van der Waals surface area contributed by atoms with Crippen LogP contribution in [0.25, 0.3) is 0 Å². The first-order valence-electron chi connectivity index (χ1n) is 5.36. The number of alkyl halides is 1. The maximum absolute atomic E-state index is 13.5. The fourth-order valence-electron chi connectivity index (χ4n) is 1.86. The molecule has 2 rings (SSSR count). The number of aromatic amines is 1. The van der Waals surface area contributed by atoms with Gasteiger partial charge in [-0.05, 0) is 6.92 Å². The third-order valence-electron chi connectivity index (χ3n) is 2.89. The molecule has 0 spiro atoms. The second kappa shape index (κ2) is 4.63. The van der Waals surface area contributed by atoms with Gasteiger partial charge < -0.3 is 14.9 Å². The van der Waals surface area contributed by atoms with Crippen LogP contribution in [0.1, 0.15) is 11.8 Å². The van der Waals surface area contributed by atoms with E-state index in [1.807, 2.05) is 4.98 Å². The molecule has 1 aliphatic rings. The Morgan fingerprint density at radius 1 is 1.56 bits per heavy atom. The second-order valence-electron chi connectivity index (χ2n) is 4.16. The van der Waals surface area contributed by atoms with E-state index in [0.29, 0.717) is 0 Å². The summed E-state index contributed by atoms with van der Waals surface area (Å²) in [4.78, 5) is 24.8. The highest BCUT2D eigenvalue weighted by molar-refractivity contribution is 5.03. The average molecular weight is 260 g/mol. The van der Waals surface area contributed by atoms with E-state index in [0.717, 1.165) is 4.57 Å². The van der Waals surface area contributed by atoms with Crippen molar-refractivity contribution >= 4 is 0 Å². The Balaban J connectivity index is 2.42. The third-order valence-corrected chi connectivity index (χ3v) is 2.89. The minimum Gasteiger partial charge on any atom is -0.394 e. The van der Waals surface area contributed by atoms with Crippen molar-refractivity contribution in [1.29, 1.82) is 0 Å². The molecule has 0 saturated carbocycles. The molecule has 0 amide bonds. The van der Waals surface area contributed by atoms with Gasteiger partial charge in [0.05, 0.1) is 6.61 Å². The molecule has 1 aromatic rings. The second-order valence-corrected chi connectivity index (χ2v) is 4.16. The number of aliphatic hydroxyl groups is 2. The Morgan fingerprint density at radius 2 is 2.22 bits per heavy atom. The first-order chi connectivity index (χ1) is 8.45. The summed E-state index contributed by atoms with van der Waals surface area (Å²) in [6.45, 7) is 0.859. The molecule has 1 fully saturated rings. The fourth-order valence-corrected chi connectivity index (χ4v) is 1.86. The van der Waals surface area contributed by atoms with Crippen LogP contribution in [-0.2, 0) is 4.74 Å². The van der Waals surface area contributed by atoms with Crippen LogP contribution in [0.5, 0.6) is 0 Å². The first kappa shape index (κ1) is 12.9. The van der Waals surface area contributed by atoms with Gasteiger partial charge in [-0.2, -0.15) is 0 Å². The zero-order chi connectivity index (χ0) is 13.4. The zero-order valence-electron chi connectivity index (χ0n) is 9.54. The van der Waals surface area contributed by atoms with Crippen molar-refractivity contribution in [3.63, 3.8) is 0 Å². The molecule has 3 N–H and O–H groups in total. The van der Waals surface area contributed by atoms with Crippen molar-refractivity contribution in [2.45, 2.75) is 31.5 Å². The number of halogens is 1. The van der Waals surface area contributed by atoms with Gasteiger partial charge >= 0.3 is 5.69 Å². The van der Waals surface area contributed by atoms with Gasteiger partial charge in [-0.25, -0.2) is 9.18 Å². The summed E-state index contributed by atoms with van der Waals surface area (Å²) in [6, 6.07) is 0. The van der Waals surface area contributed by atoms with Crippen molar-refractivity contribution in [1.82, 2.24) is 9.55 Å². The average Bonchev–Trinajstić information content (AvgIpc) is 2.61. The minimum atomic E-state index is -1.79. The monoisotopic (exact) mass is 260 g/mol. The number of nitrogens with one attached hydrogen (secondary N) is 1. The predicted octanol–water partition coefficient (Wildman–Crippen LogP) is -1.57. The van der Waals surface area contributed by atoms with E-state index in [1.165, 1.54) is 13.1 Å².